The molecule has 1 unspecified atom stereocenters. The molecule has 3 aromatic heterocycles. The number of likely N-dealkylation sites (tertiary alicyclic amines) is 1. The van der Waals surface area contributed by atoms with Crippen molar-refractivity contribution in [2.24, 2.45) is 5.92 Å². The van der Waals surface area contributed by atoms with E-state index in [-0.39, 0.29) is 11.3 Å². The normalized spacial score (nSPS) is 21.6. The van der Waals surface area contributed by atoms with E-state index in [1.54, 1.807) is 18.6 Å². The third-order valence-electron chi connectivity index (χ3n) is 6.15. The molecule has 30 heavy (non-hydrogen) atoms. The van der Waals surface area contributed by atoms with Crippen molar-refractivity contribution in [1.29, 1.82) is 0 Å². The van der Waals surface area contributed by atoms with E-state index in [1.165, 1.54) is 12.8 Å². The van der Waals surface area contributed by atoms with Crippen molar-refractivity contribution in [3.05, 3.63) is 59.8 Å². The monoisotopic (exact) mass is 403 g/mol. The number of carbonyl (C=O) groups is 1. The van der Waals surface area contributed by atoms with Crippen LogP contribution in [0, 0.1) is 12.8 Å². The van der Waals surface area contributed by atoms with E-state index in [0.29, 0.717) is 35.4 Å². The average Bonchev–Trinajstić information content (AvgIpc) is 3.44. The van der Waals surface area contributed by atoms with E-state index < -0.39 is 0 Å². The van der Waals surface area contributed by atoms with Crippen molar-refractivity contribution in [2.45, 2.75) is 44.4 Å². The maximum Gasteiger partial charge on any atom is 0.276 e. The number of amides is 1. The van der Waals surface area contributed by atoms with Crippen molar-refractivity contribution in [3.8, 4) is 11.6 Å². The van der Waals surface area contributed by atoms with Gasteiger partial charge in [0.15, 0.2) is 5.82 Å². The van der Waals surface area contributed by atoms with Gasteiger partial charge < -0.3 is 9.42 Å². The van der Waals surface area contributed by atoms with Gasteiger partial charge in [-0.25, -0.2) is 0 Å². The van der Waals surface area contributed by atoms with Crippen LogP contribution in [0.2, 0.25) is 0 Å². The lowest BCUT2D eigenvalue weighted by molar-refractivity contribution is 0.0606. The van der Waals surface area contributed by atoms with Crippen LogP contribution in [0.15, 0.2) is 47.4 Å². The Morgan fingerprint density at radius 1 is 1.30 bits per heavy atom. The fourth-order valence-corrected chi connectivity index (χ4v) is 4.51. The van der Waals surface area contributed by atoms with Crippen molar-refractivity contribution in [3.63, 3.8) is 0 Å². The van der Waals surface area contributed by atoms with E-state index in [2.05, 4.69) is 15.1 Å². The number of nitrogens with zero attached hydrogens (tertiary/aromatic N) is 5. The van der Waals surface area contributed by atoms with Gasteiger partial charge in [0.2, 0.25) is 0 Å². The van der Waals surface area contributed by atoms with Gasteiger partial charge in [-0.15, -0.1) is 0 Å². The zero-order chi connectivity index (χ0) is 20.6. The van der Waals surface area contributed by atoms with E-state index >= 15 is 0 Å². The first kappa shape index (κ1) is 18.9. The molecule has 2 aliphatic rings. The lowest BCUT2D eigenvalue weighted by Crippen LogP contribution is -2.49. The molecule has 1 aliphatic heterocycles. The minimum atomic E-state index is -0.275. The molecule has 0 aromatic carbocycles. The Labute approximate surface area is 175 Å². The Bertz CT molecular complexity index is 1050. The summed E-state index contributed by atoms with van der Waals surface area (Å²) in [5.41, 5.74) is 2.02. The van der Waals surface area contributed by atoms with E-state index in [0.717, 1.165) is 31.4 Å². The van der Waals surface area contributed by atoms with Crippen molar-refractivity contribution < 1.29 is 9.32 Å². The van der Waals surface area contributed by atoms with Gasteiger partial charge in [0.25, 0.3) is 11.8 Å². The number of hydrogen-bond donors (Lipinski definition) is 0. The Kier molecular flexibility index (Phi) is 4.81. The Hall–Kier alpha value is -3.09. The van der Waals surface area contributed by atoms with Gasteiger partial charge in [0.1, 0.15) is 5.69 Å². The number of aryl methyl sites for hydroxylation is 1. The molecule has 1 atom stereocenters. The predicted octanol–water partition coefficient (Wildman–Crippen LogP) is 3.81. The number of carbonyl (C=O) groups excluding carboxylic acids is 1. The van der Waals surface area contributed by atoms with Crippen LogP contribution >= 0.6 is 0 Å². The summed E-state index contributed by atoms with van der Waals surface area (Å²) in [6.07, 6.45) is 10.5. The molecule has 1 aliphatic carbocycles. The lowest BCUT2D eigenvalue weighted by Gasteiger charge is -2.41. The van der Waals surface area contributed by atoms with Gasteiger partial charge in [0.05, 0.1) is 11.0 Å². The summed E-state index contributed by atoms with van der Waals surface area (Å²) >= 11 is 0. The second-order valence-electron chi connectivity index (χ2n) is 8.65. The molecule has 5 rings (SSSR count). The van der Waals surface area contributed by atoms with Gasteiger partial charge in [0, 0.05) is 31.7 Å². The highest BCUT2D eigenvalue weighted by Gasteiger charge is 2.46. The molecule has 154 valence electrons. The molecule has 0 radical (unpaired) electrons. The van der Waals surface area contributed by atoms with E-state index in [1.807, 2.05) is 36.1 Å². The zero-order valence-electron chi connectivity index (χ0n) is 17.1. The summed E-state index contributed by atoms with van der Waals surface area (Å²) in [6, 6.07) is 7.54. The summed E-state index contributed by atoms with van der Waals surface area (Å²) in [7, 11) is 0. The van der Waals surface area contributed by atoms with Crippen LogP contribution in [0.25, 0.3) is 11.6 Å². The molecule has 2 fully saturated rings. The number of aromatic nitrogens is 4. The summed E-state index contributed by atoms with van der Waals surface area (Å²) in [5.74, 6) is 1.85. The first-order valence-corrected chi connectivity index (χ1v) is 10.6. The number of piperidine rings is 1. The molecule has 1 saturated heterocycles. The van der Waals surface area contributed by atoms with Crippen LogP contribution < -0.4 is 0 Å². The second kappa shape index (κ2) is 7.63. The van der Waals surface area contributed by atoms with Crippen LogP contribution in [-0.2, 0) is 5.41 Å². The molecule has 0 N–H and O–H groups in total. The zero-order valence-corrected chi connectivity index (χ0v) is 17.1. The quantitative estimate of drug-likeness (QED) is 0.644. The fraction of sp³-hybridized carbons (Fsp3) is 0.435. The third-order valence-corrected chi connectivity index (χ3v) is 6.15. The second-order valence-corrected chi connectivity index (χ2v) is 8.65. The first-order valence-electron chi connectivity index (χ1n) is 10.6. The van der Waals surface area contributed by atoms with Crippen LogP contribution in [0.3, 0.4) is 0 Å². The van der Waals surface area contributed by atoms with Gasteiger partial charge >= 0.3 is 0 Å². The molecule has 7 nitrogen and oxygen atoms in total. The molecule has 1 amide bonds. The molecular formula is C23H25N5O2. The summed E-state index contributed by atoms with van der Waals surface area (Å²) in [5, 5.41) is 4.37. The van der Waals surface area contributed by atoms with Crippen molar-refractivity contribution >= 4 is 5.91 Å². The van der Waals surface area contributed by atoms with Crippen molar-refractivity contribution in [2.75, 3.05) is 13.1 Å². The Balaban J connectivity index is 1.45. The molecule has 1 saturated carbocycles. The van der Waals surface area contributed by atoms with Crippen LogP contribution in [-0.4, -0.2) is 44.0 Å². The molecular weight excluding hydrogens is 378 g/mol. The maximum atomic E-state index is 13.2. The van der Waals surface area contributed by atoms with Gasteiger partial charge in [-0.05, 0) is 55.9 Å². The van der Waals surface area contributed by atoms with Crippen LogP contribution in [0.4, 0.5) is 0 Å². The maximum absolute atomic E-state index is 13.2. The number of hydrogen-bond acceptors (Lipinski definition) is 6. The van der Waals surface area contributed by atoms with Crippen molar-refractivity contribution in [1.82, 2.24) is 25.0 Å². The summed E-state index contributed by atoms with van der Waals surface area (Å²) in [6.45, 7) is 3.30. The lowest BCUT2D eigenvalue weighted by atomic mass is 9.74. The molecule has 0 spiro atoms. The van der Waals surface area contributed by atoms with Gasteiger partial charge in [-0.2, -0.15) is 4.98 Å². The smallest absolute Gasteiger partial charge is 0.276 e. The molecule has 3 aromatic rings. The highest BCUT2D eigenvalue weighted by Crippen LogP contribution is 2.46. The topological polar surface area (TPSA) is 85.0 Å². The third kappa shape index (κ3) is 3.72. The van der Waals surface area contributed by atoms with E-state index in [4.69, 9.17) is 9.51 Å². The molecule has 0 bridgehead atoms. The Morgan fingerprint density at radius 2 is 2.20 bits per heavy atom. The largest absolute Gasteiger partial charge is 0.338 e. The standard InChI is InChI=1S/C23H25N5O2/c1-16-11-18(14-24-13-16)21(29)28-10-4-8-23(15-28,12-17-6-7-17)22-26-20(30-27-22)19-5-2-3-9-25-19/h2-3,5,9,11,13-14,17H,4,6-8,10,12,15H2,1H3. The fourth-order valence-electron chi connectivity index (χ4n) is 4.51. The highest BCUT2D eigenvalue weighted by molar-refractivity contribution is 5.94. The van der Waals surface area contributed by atoms with Gasteiger partial charge in [-0.1, -0.05) is 24.1 Å². The van der Waals surface area contributed by atoms with Crippen LogP contribution in [0.1, 0.15) is 53.8 Å². The summed E-state index contributed by atoms with van der Waals surface area (Å²) < 4.78 is 5.59. The molecule has 4 heterocycles. The van der Waals surface area contributed by atoms with Gasteiger partial charge in [-0.3, -0.25) is 14.8 Å². The average molecular weight is 403 g/mol. The summed E-state index contributed by atoms with van der Waals surface area (Å²) in [4.78, 5) is 28.4. The number of rotatable bonds is 5. The molecule has 7 heteroatoms. The minimum absolute atomic E-state index is 0.0273. The predicted molar refractivity (Wildman–Crippen MR) is 111 cm³/mol. The highest BCUT2D eigenvalue weighted by atomic mass is 16.5. The minimum Gasteiger partial charge on any atom is -0.338 e. The van der Waals surface area contributed by atoms with E-state index in [9.17, 15) is 4.79 Å². The first-order chi connectivity index (χ1) is 14.6. The number of pyridine rings is 2. The Morgan fingerprint density at radius 3 is 2.97 bits per heavy atom. The van der Waals surface area contributed by atoms with Crippen LogP contribution in [0.5, 0.6) is 0 Å². The SMILES string of the molecule is Cc1cncc(C(=O)N2CCCC(CC3CC3)(c3noc(-c4ccccn4)n3)C2)c1.